The molecule has 476 valence electrons. The number of phenolic OH excluding ortho intramolecular Hbond substituents is 2. The van der Waals surface area contributed by atoms with Crippen LogP contribution in [0.4, 0.5) is 0 Å². The van der Waals surface area contributed by atoms with Crippen LogP contribution in [0.1, 0.15) is 152 Å². The average Bonchev–Trinajstić information content (AvgIpc) is 0.738. The number of benzene rings is 11. The van der Waals surface area contributed by atoms with E-state index in [9.17, 15) is 10.2 Å². The molecule has 15 rings (SSSR count). The summed E-state index contributed by atoms with van der Waals surface area (Å²) in [5.41, 5.74) is 13.6. The van der Waals surface area contributed by atoms with Crippen molar-refractivity contribution in [1.29, 1.82) is 0 Å². The Kier molecular flexibility index (Phi) is 18.6. The average molecular weight is 1640 g/mol. The van der Waals surface area contributed by atoms with E-state index < -0.39 is 36.6 Å². The first-order valence-corrected chi connectivity index (χ1v) is 36.7. The molecule has 4 atom stereocenters. The van der Waals surface area contributed by atoms with Crippen LogP contribution in [-0.2, 0) is 25.7 Å². The van der Waals surface area contributed by atoms with Gasteiger partial charge in [0.05, 0.1) is 0 Å². The fraction of sp³-hybridized carbons (Fsp3) is 0.185. The molecule has 95 heavy (non-hydrogen) atoms. The van der Waals surface area contributed by atoms with Crippen LogP contribution in [0.15, 0.2) is 251 Å². The van der Waals surface area contributed by atoms with Gasteiger partial charge in [0.25, 0.3) is 18.9 Å². The minimum absolute atomic E-state index is 0.0247. The molecule has 4 unspecified atom stereocenters. The van der Waals surface area contributed by atoms with Crippen molar-refractivity contribution in [3.8, 4) is 46.0 Å². The minimum Gasteiger partial charge on any atom is -0.508 e. The van der Waals surface area contributed by atoms with Gasteiger partial charge in [-0.2, -0.15) is 0 Å². The summed E-state index contributed by atoms with van der Waals surface area (Å²) in [5.74, 6) is 1.56. The van der Waals surface area contributed by atoms with E-state index in [0.717, 1.165) is 82.5 Å². The van der Waals surface area contributed by atoms with Crippen LogP contribution in [0, 0.1) is 0 Å². The Morgan fingerprint density at radius 1 is 0.242 bits per heavy atom. The smallest absolute Gasteiger partial charge is 0.267 e. The highest BCUT2D eigenvalue weighted by atomic mass is 79.9. The summed E-state index contributed by atoms with van der Waals surface area (Å²) in [7, 11) is 0. The molecule has 0 spiro atoms. The lowest BCUT2D eigenvalue weighted by Crippen LogP contribution is -2.25. The summed E-state index contributed by atoms with van der Waals surface area (Å²) in [6.07, 6.45) is 2.07. The number of hydrogen-bond donors (Lipinski definition) is 2. The Morgan fingerprint density at radius 2 is 0.453 bits per heavy atom. The molecule has 0 saturated carbocycles. The van der Waals surface area contributed by atoms with E-state index >= 15 is 0 Å². The van der Waals surface area contributed by atoms with E-state index in [4.69, 9.17) is 28.4 Å². The van der Waals surface area contributed by atoms with Gasteiger partial charge in [-0.25, -0.2) is 0 Å². The molecule has 0 fully saturated rings. The van der Waals surface area contributed by atoms with Crippen molar-refractivity contribution in [1.82, 2.24) is 0 Å². The number of phenols is 2. The van der Waals surface area contributed by atoms with Crippen molar-refractivity contribution in [2.75, 3.05) is 0 Å². The zero-order valence-electron chi connectivity index (χ0n) is 51.2. The second kappa shape index (κ2) is 27.7. The van der Waals surface area contributed by atoms with E-state index in [-0.39, 0.29) is 17.4 Å². The first kappa shape index (κ1) is 63.7. The van der Waals surface area contributed by atoms with Crippen molar-refractivity contribution in [2.45, 2.75) is 93.9 Å². The third-order valence-electron chi connectivity index (χ3n) is 18.7. The lowest BCUT2D eigenvalue weighted by atomic mass is 9.76. The minimum atomic E-state index is -1.03. The van der Waals surface area contributed by atoms with E-state index in [0.29, 0.717) is 97.0 Å². The van der Waals surface area contributed by atoms with E-state index in [2.05, 4.69) is 247 Å². The Bertz CT molecular complexity index is 4380. The Balaban J connectivity index is 1.07. The summed E-state index contributed by atoms with van der Waals surface area (Å²) in [4.78, 5) is 0. The molecular weight excluding hydrogens is 1580 g/mol. The van der Waals surface area contributed by atoms with Gasteiger partial charge in [-0.15, -0.1) is 0 Å². The van der Waals surface area contributed by atoms with Gasteiger partial charge in [0.2, 0.25) is 0 Å². The molecule has 0 radical (unpaired) electrons. The summed E-state index contributed by atoms with van der Waals surface area (Å²) < 4.78 is 49.7. The lowest BCUT2D eigenvalue weighted by molar-refractivity contribution is -0.00884. The predicted octanol–water partition coefficient (Wildman–Crippen LogP) is 23.5. The quantitative estimate of drug-likeness (QED) is 0.105. The molecule has 1 aliphatic carbocycles. The van der Waals surface area contributed by atoms with E-state index in [1.54, 1.807) is 12.1 Å². The predicted molar refractivity (Wildman–Crippen MR) is 393 cm³/mol. The van der Waals surface area contributed by atoms with Gasteiger partial charge in [-0.05, 0) is 152 Å². The van der Waals surface area contributed by atoms with Gasteiger partial charge in [0, 0.05) is 136 Å². The highest BCUT2D eigenvalue weighted by molar-refractivity contribution is 9.11. The van der Waals surface area contributed by atoms with Gasteiger partial charge in [-0.1, -0.05) is 217 Å². The number of hydrogen-bond acceptors (Lipinski definition) is 8. The number of halogens is 6. The standard InChI is InChI=1S/C81H62Br6O8/c82-53-29-50(30-54(83)35-53)79-90-73-42-71(88)63-38-65(73)60(26-22-47-15-7-2-8-16-47)67-40-69-62(28-24-49-19-11-4-12-20-49)70-41-68-61(27-23-48-17-9-3-10-18-48)66-39-64(59(63)25-21-46-13-5-1-6-14-46)72(89)43-74(66)91-80(51-31-55(84)36-56(85)32-51)93-76(68)45-78(70)95-81(94-77(69)44-75(67)92-79)52-33-57(86)37-58(87)34-52/h1-20,29-45,59-62,79-81,88-89H,21-28H2. The summed E-state index contributed by atoms with van der Waals surface area (Å²) >= 11 is 22.8. The molecule has 4 aliphatic rings. The van der Waals surface area contributed by atoms with E-state index in [1.807, 2.05) is 60.7 Å². The molecule has 0 saturated heterocycles. The maximum absolute atomic E-state index is 13.2. The summed E-state index contributed by atoms with van der Waals surface area (Å²) in [6.45, 7) is 0. The zero-order chi connectivity index (χ0) is 64.8. The third-order valence-corrected chi connectivity index (χ3v) is 21.5. The number of aryl methyl sites for hydroxylation is 4. The Morgan fingerprint density at radius 3 is 0.695 bits per heavy atom. The van der Waals surface area contributed by atoms with Crippen molar-refractivity contribution >= 4 is 95.6 Å². The van der Waals surface area contributed by atoms with Crippen LogP contribution in [0.2, 0.25) is 0 Å². The van der Waals surface area contributed by atoms with Gasteiger partial charge in [0.1, 0.15) is 46.0 Å². The molecule has 3 aliphatic heterocycles. The largest absolute Gasteiger partial charge is 0.508 e. The van der Waals surface area contributed by atoms with Crippen molar-refractivity contribution in [2.24, 2.45) is 0 Å². The zero-order valence-corrected chi connectivity index (χ0v) is 60.7. The van der Waals surface area contributed by atoms with Crippen molar-refractivity contribution in [3.63, 3.8) is 0 Å². The maximum Gasteiger partial charge on any atom is 0.267 e. The Hall–Kier alpha value is -7.30. The van der Waals surface area contributed by atoms with E-state index in [1.165, 1.54) is 16.7 Å². The molecule has 2 N–H and O–H groups in total. The molecule has 14 heteroatoms. The normalized spacial score (nSPS) is 18.8. The van der Waals surface area contributed by atoms with Crippen LogP contribution < -0.4 is 28.4 Å². The number of ether oxygens (including phenoxy) is 6. The lowest BCUT2D eigenvalue weighted by Gasteiger charge is -2.37. The topological polar surface area (TPSA) is 95.8 Å². The third kappa shape index (κ3) is 13.7. The Labute approximate surface area is 603 Å². The fourth-order valence-corrected chi connectivity index (χ4v) is 18.2. The molecule has 0 amide bonds. The SMILES string of the molecule is Oc1cc2c3cc1C(CCc1ccccc1)c1cc4c(cc1O)OC(c1cc(Br)cc(Br)c1)Oc1cc5c(cc1C4CCc1ccccc1)C(CCc1ccccc1)c1cc(c(cc1OC(c1cc(Br)cc(Br)c1)O5)OC(c1cc(Br)cc(Br)c1)O2)C3CCc1ccccc1. The maximum atomic E-state index is 13.2. The molecule has 8 bridgehead atoms. The number of aromatic hydroxyl groups is 2. The van der Waals surface area contributed by atoms with Gasteiger partial charge < -0.3 is 38.6 Å². The number of rotatable bonds is 15. The summed E-state index contributed by atoms with van der Waals surface area (Å²) in [6, 6.07) is 76.9. The van der Waals surface area contributed by atoms with Crippen LogP contribution in [0.3, 0.4) is 0 Å². The van der Waals surface area contributed by atoms with Gasteiger partial charge in [0.15, 0.2) is 0 Å². The van der Waals surface area contributed by atoms with Crippen molar-refractivity contribution in [3.05, 3.63) is 335 Å². The second-order valence-electron chi connectivity index (χ2n) is 24.9. The monoisotopic (exact) mass is 1640 g/mol. The van der Waals surface area contributed by atoms with Crippen LogP contribution in [-0.4, -0.2) is 10.2 Å². The summed E-state index contributed by atoms with van der Waals surface area (Å²) in [5, 5.41) is 26.4. The van der Waals surface area contributed by atoms with Gasteiger partial charge >= 0.3 is 0 Å². The molecule has 0 aromatic heterocycles. The highest BCUT2D eigenvalue weighted by Gasteiger charge is 2.40. The first-order valence-electron chi connectivity index (χ1n) is 31.9. The molecule has 11 aromatic rings. The molecule has 11 aromatic carbocycles. The number of fused-ring (bicyclic) bond motifs is 2. The molecular formula is C81H62Br6O8. The molecule has 3 heterocycles. The molecule has 8 nitrogen and oxygen atoms in total. The van der Waals surface area contributed by atoms with Gasteiger partial charge in [-0.3, -0.25) is 0 Å². The second-order valence-corrected chi connectivity index (χ2v) is 30.4. The van der Waals surface area contributed by atoms with Crippen LogP contribution >= 0.6 is 95.6 Å². The highest BCUT2D eigenvalue weighted by Crippen LogP contribution is 2.57. The van der Waals surface area contributed by atoms with Crippen LogP contribution in [0.25, 0.3) is 0 Å². The van der Waals surface area contributed by atoms with Crippen molar-refractivity contribution < 1.29 is 38.6 Å². The fourth-order valence-electron chi connectivity index (χ4n) is 14.2. The van der Waals surface area contributed by atoms with Crippen LogP contribution in [0.5, 0.6) is 46.0 Å². The first-order chi connectivity index (χ1) is 46.3.